The number of hydrogen-bond donors (Lipinski definition) is 1. The fourth-order valence-electron chi connectivity index (χ4n) is 1.12. The van der Waals surface area contributed by atoms with Crippen LogP contribution in [0.4, 0.5) is 8.78 Å². The zero-order valence-corrected chi connectivity index (χ0v) is 8.47. The van der Waals surface area contributed by atoms with Gasteiger partial charge in [0.2, 0.25) is 0 Å². The van der Waals surface area contributed by atoms with Gasteiger partial charge in [0.05, 0.1) is 5.56 Å². The molecule has 1 aromatic rings. The number of rotatable bonds is 4. The van der Waals surface area contributed by atoms with Gasteiger partial charge in [0.1, 0.15) is 11.6 Å². The minimum Gasteiger partial charge on any atom is -0.478 e. The molecule has 0 bridgehead atoms. The van der Waals surface area contributed by atoms with Crippen molar-refractivity contribution in [3.05, 3.63) is 51.4 Å². The lowest BCUT2D eigenvalue weighted by Crippen LogP contribution is -2.02. The maximum atomic E-state index is 13.3. The Hall–Kier alpha value is -2.40. The molecule has 0 radical (unpaired) electrons. The van der Waals surface area contributed by atoms with Crippen LogP contribution in [0.5, 0.6) is 0 Å². The second kappa shape index (κ2) is 5.62. The van der Waals surface area contributed by atoms with Crippen LogP contribution in [-0.4, -0.2) is 17.6 Å². The monoisotopic (exact) mass is 239 g/mol. The van der Waals surface area contributed by atoms with E-state index in [2.05, 4.69) is 10.0 Å². The summed E-state index contributed by atoms with van der Waals surface area (Å²) in [6.07, 6.45) is 2.54. The second-order valence-electron chi connectivity index (χ2n) is 2.97. The fraction of sp³-hybridized carbons (Fsp3) is 0.100. The Morgan fingerprint density at radius 3 is 2.76 bits per heavy atom. The van der Waals surface area contributed by atoms with Crippen LogP contribution in [0.2, 0.25) is 0 Å². The summed E-state index contributed by atoms with van der Waals surface area (Å²) in [4.78, 5) is 13.0. The van der Waals surface area contributed by atoms with Crippen molar-refractivity contribution in [2.45, 2.75) is 0 Å². The first kappa shape index (κ1) is 12.7. The summed E-state index contributed by atoms with van der Waals surface area (Å²) in [5.41, 5.74) is 7.15. The average Bonchev–Trinajstić information content (AvgIpc) is 2.28. The molecule has 0 aliphatic carbocycles. The van der Waals surface area contributed by atoms with Gasteiger partial charge in [-0.25, -0.2) is 13.6 Å². The Morgan fingerprint density at radius 2 is 2.18 bits per heavy atom. The Bertz CT molecular complexity index is 523. The van der Waals surface area contributed by atoms with Crippen LogP contribution in [0.1, 0.15) is 15.9 Å². The Balaban J connectivity index is 3.03. The molecule has 0 amide bonds. The molecule has 0 heterocycles. The van der Waals surface area contributed by atoms with E-state index in [1.807, 2.05) is 0 Å². The first-order chi connectivity index (χ1) is 8.06. The van der Waals surface area contributed by atoms with Crippen LogP contribution < -0.4 is 0 Å². The lowest BCUT2D eigenvalue weighted by atomic mass is 10.1. The van der Waals surface area contributed by atoms with E-state index in [1.165, 1.54) is 12.2 Å². The van der Waals surface area contributed by atoms with Crippen molar-refractivity contribution < 1.29 is 18.7 Å². The molecule has 0 aliphatic heterocycles. The molecular formula is C10H7F2N3O2. The van der Waals surface area contributed by atoms with Gasteiger partial charge in [-0.15, -0.1) is 0 Å². The van der Waals surface area contributed by atoms with Gasteiger partial charge in [-0.05, 0) is 17.7 Å². The number of nitrogens with zero attached hydrogens (tertiary/aromatic N) is 3. The summed E-state index contributed by atoms with van der Waals surface area (Å²) in [5.74, 6) is -3.42. The molecule has 0 spiro atoms. The highest BCUT2D eigenvalue weighted by molar-refractivity contribution is 5.88. The van der Waals surface area contributed by atoms with Crippen molar-refractivity contribution in [2.24, 2.45) is 5.11 Å². The maximum absolute atomic E-state index is 13.3. The SMILES string of the molecule is [N-]=[N+]=NCC=Cc1cc(F)c(C(=O)O)cc1F. The summed E-state index contributed by atoms with van der Waals surface area (Å²) >= 11 is 0. The van der Waals surface area contributed by atoms with E-state index in [1.54, 1.807) is 0 Å². The predicted octanol–water partition coefficient (Wildman–Crippen LogP) is 2.99. The van der Waals surface area contributed by atoms with Crippen LogP contribution in [-0.2, 0) is 0 Å². The molecule has 0 aromatic heterocycles. The Labute approximate surface area is 94.6 Å². The summed E-state index contributed by atoms with van der Waals surface area (Å²) in [5, 5.41) is 11.7. The van der Waals surface area contributed by atoms with Crippen molar-refractivity contribution in [1.29, 1.82) is 0 Å². The van der Waals surface area contributed by atoms with Gasteiger partial charge in [0.25, 0.3) is 0 Å². The molecule has 0 aliphatic rings. The van der Waals surface area contributed by atoms with Gasteiger partial charge in [-0.3, -0.25) is 0 Å². The molecule has 0 atom stereocenters. The normalized spacial score (nSPS) is 10.2. The Morgan fingerprint density at radius 1 is 1.47 bits per heavy atom. The van der Waals surface area contributed by atoms with Crippen LogP contribution >= 0.6 is 0 Å². The van der Waals surface area contributed by atoms with Crippen molar-refractivity contribution in [1.82, 2.24) is 0 Å². The zero-order valence-electron chi connectivity index (χ0n) is 8.47. The summed E-state index contributed by atoms with van der Waals surface area (Å²) < 4.78 is 26.5. The predicted molar refractivity (Wildman–Crippen MR) is 56.4 cm³/mol. The molecule has 0 saturated heterocycles. The van der Waals surface area contributed by atoms with E-state index in [0.717, 1.165) is 6.07 Å². The second-order valence-corrected chi connectivity index (χ2v) is 2.97. The lowest BCUT2D eigenvalue weighted by Gasteiger charge is -2.01. The lowest BCUT2D eigenvalue weighted by molar-refractivity contribution is 0.0691. The molecule has 1 aromatic carbocycles. The van der Waals surface area contributed by atoms with E-state index in [0.29, 0.717) is 6.07 Å². The standard InChI is InChI=1S/C10H7F2N3O2/c11-8-5-7(10(16)17)9(12)4-6(8)2-1-3-14-15-13/h1-2,4-5H,3H2,(H,16,17). The molecular weight excluding hydrogens is 232 g/mol. The van der Waals surface area contributed by atoms with Gasteiger partial charge in [-0.2, -0.15) is 0 Å². The van der Waals surface area contributed by atoms with Crippen molar-refractivity contribution in [3.8, 4) is 0 Å². The van der Waals surface area contributed by atoms with E-state index in [-0.39, 0.29) is 12.1 Å². The van der Waals surface area contributed by atoms with Gasteiger partial charge in [-0.1, -0.05) is 17.3 Å². The molecule has 0 unspecified atom stereocenters. The van der Waals surface area contributed by atoms with E-state index >= 15 is 0 Å². The third kappa shape index (κ3) is 3.29. The highest BCUT2D eigenvalue weighted by Gasteiger charge is 2.13. The number of carbonyl (C=O) groups is 1. The van der Waals surface area contributed by atoms with Gasteiger partial charge >= 0.3 is 5.97 Å². The third-order valence-corrected chi connectivity index (χ3v) is 1.86. The van der Waals surface area contributed by atoms with Crippen LogP contribution in [0.15, 0.2) is 23.3 Å². The number of carboxylic acids is 1. The molecule has 1 N–H and O–H groups in total. The van der Waals surface area contributed by atoms with Crippen LogP contribution in [0.25, 0.3) is 16.5 Å². The van der Waals surface area contributed by atoms with E-state index in [9.17, 15) is 13.6 Å². The van der Waals surface area contributed by atoms with Crippen LogP contribution in [0, 0.1) is 11.6 Å². The summed E-state index contributed by atoms with van der Waals surface area (Å²) in [6, 6.07) is 1.37. The minimum atomic E-state index is -1.54. The van der Waals surface area contributed by atoms with Gasteiger partial charge in [0.15, 0.2) is 0 Å². The quantitative estimate of drug-likeness (QED) is 0.497. The molecule has 0 fully saturated rings. The average molecular weight is 239 g/mol. The highest BCUT2D eigenvalue weighted by Crippen LogP contribution is 2.16. The number of hydrogen-bond acceptors (Lipinski definition) is 2. The smallest absolute Gasteiger partial charge is 0.338 e. The molecule has 7 heteroatoms. The van der Waals surface area contributed by atoms with Crippen molar-refractivity contribution in [3.63, 3.8) is 0 Å². The van der Waals surface area contributed by atoms with Gasteiger partial charge in [0, 0.05) is 17.0 Å². The first-order valence-corrected chi connectivity index (χ1v) is 4.46. The zero-order chi connectivity index (χ0) is 12.8. The molecule has 88 valence electrons. The largest absolute Gasteiger partial charge is 0.478 e. The van der Waals surface area contributed by atoms with Crippen LogP contribution in [0.3, 0.4) is 0 Å². The number of carboxylic acid groups (broad SMARTS) is 1. The number of azide groups is 1. The highest BCUT2D eigenvalue weighted by atomic mass is 19.1. The first-order valence-electron chi connectivity index (χ1n) is 4.46. The van der Waals surface area contributed by atoms with Crippen molar-refractivity contribution >= 4 is 12.0 Å². The number of aromatic carboxylic acids is 1. The molecule has 1 rings (SSSR count). The third-order valence-electron chi connectivity index (χ3n) is 1.86. The fourth-order valence-corrected chi connectivity index (χ4v) is 1.12. The van der Waals surface area contributed by atoms with E-state index < -0.39 is 23.2 Å². The minimum absolute atomic E-state index is 0.00175. The topological polar surface area (TPSA) is 86.1 Å². The molecule has 5 nitrogen and oxygen atoms in total. The van der Waals surface area contributed by atoms with Crippen molar-refractivity contribution in [2.75, 3.05) is 6.54 Å². The Kier molecular flexibility index (Phi) is 4.19. The summed E-state index contributed by atoms with van der Waals surface area (Å²) in [6.45, 7) is -0.00175. The van der Waals surface area contributed by atoms with E-state index in [4.69, 9.17) is 10.6 Å². The molecule has 17 heavy (non-hydrogen) atoms. The molecule has 0 saturated carbocycles. The van der Waals surface area contributed by atoms with Gasteiger partial charge < -0.3 is 5.11 Å². The number of benzene rings is 1. The number of halogens is 2. The maximum Gasteiger partial charge on any atom is 0.338 e. The summed E-state index contributed by atoms with van der Waals surface area (Å²) in [7, 11) is 0.